The number of nitrogens with zero attached hydrogens (tertiary/aromatic N) is 2. The zero-order valence-corrected chi connectivity index (χ0v) is 17.5. The molecular formula is C19H24ClN5O2S. The Morgan fingerprint density at radius 2 is 1.82 bits per heavy atom. The van der Waals surface area contributed by atoms with Crippen LogP contribution in [0.3, 0.4) is 0 Å². The molecule has 28 heavy (non-hydrogen) atoms. The predicted molar refractivity (Wildman–Crippen MR) is 109 cm³/mol. The number of carbonyl (C=O) groups excluding carboxylic acids is 1. The molecule has 2 aliphatic rings. The summed E-state index contributed by atoms with van der Waals surface area (Å²) in [6.45, 7) is 1.77. The topological polar surface area (TPSA) is 99.9 Å². The Labute approximate surface area is 170 Å². The lowest BCUT2D eigenvalue weighted by Crippen LogP contribution is -2.34. The lowest BCUT2D eigenvalue weighted by atomic mass is 9.99. The van der Waals surface area contributed by atoms with Crippen molar-refractivity contribution in [3.63, 3.8) is 0 Å². The summed E-state index contributed by atoms with van der Waals surface area (Å²) in [4.78, 5) is 12.6. The van der Waals surface area contributed by atoms with E-state index in [1.54, 1.807) is 14.0 Å². The first-order valence-electron chi connectivity index (χ1n) is 9.48. The van der Waals surface area contributed by atoms with Gasteiger partial charge >= 0.3 is 6.03 Å². The molecule has 2 atom stereocenters. The number of anilines is 1. The molecule has 1 aromatic heterocycles. The second-order valence-electron chi connectivity index (χ2n) is 7.49. The number of fused-ring (bicyclic) bond motifs is 2. The molecule has 2 unspecified atom stereocenters. The summed E-state index contributed by atoms with van der Waals surface area (Å²) in [5.74, 6) is 0. The highest BCUT2D eigenvalue weighted by Crippen LogP contribution is 2.38. The van der Waals surface area contributed by atoms with Gasteiger partial charge in [0.1, 0.15) is 0 Å². The number of hydrogen-bond acceptors (Lipinski definition) is 4. The lowest BCUT2D eigenvalue weighted by Gasteiger charge is -2.16. The molecular weight excluding hydrogens is 398 g/mol. The highest BCUT2D eigenvalue weighted by Gasteiger charge is 2.26. The molecule has 0 aliphatic heterocycles. The average Bonchev–Trinajstić information content (AvgIpc) is 3.32. The molecule has 2 aliphatic carbocycles. The molecule has 0 spiro atoms. The zero-order valence-electron chi connectivity index (χ0n) is 16.0. The van der Waals surface area contributed by atoms with Crippen LogP contribution in [0.25, 0.3) is 0 Å². The van der Waals surface area contributed by atoms with E-state index in [0.29, 0.717) is 5.69 Å². The highest BCUT2D eigenvalue weighted by atomic mass is 35.5. The minimum atomic E-state index is -3.60. The Bertz CT molecular complexity index is 1030. The maximum Gasteiger partial charge on any atom is 0.332 e. The van der Waals surface area contributed by atoms with Gasteiger partial charge in [0.15, 0.2) is 14.9 Å². The summed E-state index contributed by atoms with van der Waals surface area (Å²) >= 11 is 6.08. The Morgan fingerprint density at radius 1 is 1.21 bits per heavy atom. The first-order chi connectivity index (χ1) is 13.3. The minimum Gasteiger partial charge on any atom is -0.307 e. The van der Waals surface area contributed by atoms with Crippen LogP contribution >= 0.6 is 11.6 Å². The van der Waals surface area contributed by atoms with Crippen LogP contribution in [0.15, 0.2) is 17.2 Å². The Morgan fingerprint density at radius 3 is 2.36 bits per heavy atom. The van der Waals surface area contributed by atoms with Crippen molar-refractivity contribution in [1.82, 2.24) is 14.5 Å². The summed E-state index contributed by atoms with van der Waals surface area (Å²) < 4.78 is 24.8. The van der Waals surface area contributed by atoms with Crippen LogP contribution in [0.4, 0.5) is 10.5 Å². The normalized spacial score (nSPS) is 18.2. The molecule has 0 saturated carbocycles. The molecule has 2 amide bonds. The van der Waals surface area contributed by atoms with Crippen LogP contribution < -0.4 is 10.0 Å². The van der Waals surface area contributed by atoms with E-state index in [0.717, 1.165) is 44.2 Å². The van der Waals surface area contributed by atoms with Crippen molar-refractivity contribution in [2.75, 3.05) is 5.32 Å². The number of halogens is 1. The van der Waals surface area contributed by atoms with Crippen LogP contribution in [-0.4, -0.2) is 20.0 Å². The molecule has 0 radical (unpaired) electrons. The van der Waals surface area contributed by atoms with Crippen molar-refractivity contribution in [1.29, 1.82) is 4.78 Å². The van der Waals surface area contributed by atoms with Crippen molar-refractivity contribution >= 4 is 33.2 Å². The van der Waals surface area contributed by atoms with E-state index < -0.39 is 15.9 Å². The highest BCUT2D eigenvalue weighted by molar-refractivity contribution is 7.91. The fourth-order valence-electron chi connectivity index (χ4n) is 4.26. The van der Waals surface area contributed by atoms with Crippen LogP contribution in [0, 0.1) is 4.78 Å². The second kappa shape index (κ2) is 7.08. The SMILES string of the molecule is CC(Cl)c1cc(S(=N)(=O)NC(=O)Nc2c3c(cc4c2CCC4)CCC3)nn1C. The molecule has 7 nitrogen and oxygen atoms in total. The van der Waals surface area contributed by atoms with Crippen LogP contribution in [0.2, 0.25) is 0 Å². The smallest absolute Gasteiger partial charge is 0.307 e. The third kappa shape index (κ3) is 3.39. The van der Waals surface area contributed by atoms with E-state index in [4.69, 9.17) is 16.4 Å². The average molecular weight is 422 g/mol. The number of alkyl halides is 1. The van der Waals surface area contributed by atoms with Crippen molar-refractivity contribution in [3.05, 3.63) is 40.1 Å². The number of nitrogens with one attached hydrogen (secondary N) is 3. The van der Waals surface area contributed by atoms with Gasteiger partial charge < -0.3 is 5.32 Å². The standard InChI is InChI=1S/C19H24ClN5O2S/c1-11(20)16-10-17(23-25(16)2)28(21,27)24-19(26)22-18-14-7-3-5-12(14)9-13-6-4-8-15(13)18/h9-11H,3-8H2,1-2H3,(H3,21,22,24,26,27). The summed E-state index contributed by atoms with van der Waals surface area (Å²) in [5, 5.41) is 6.66. The Hall–Kier alpha value is -2.06. The Kier molecular flexibility index (Phi) is 4.87. The molecule has 0 bridgehead atoms. The van der Waals surface area contributed by atoms with Gasteiger partial charge in [0.05, 0.1) is 11.1 Å². The van der Waals surface area contributed by atoms with E-state index >= 15 is 0 Å². The first-order valence-corrected chi connectivity index (χ1v) is 11.5. The van der Waals surface area contributed by atoms with Gasteiger partial charge in [-0.2, -0.15) is 5.10 Å². The molecule has 3 N–H and O–H groups in total. The molecule has 150 valence electrons. The van der Waals surface area contributed by atoms with Gasteiger partial charge in [-0.3, -0.25) is 4.68 Å². The fraction of sp³-hybridized carbons (Fsp3) is 0.474. The number of amides is 2. The predicted octanol–water partition coefficient (Wildman–Crippen LogP) is 3.84. The van der Waals surface area contributed by atoms with Gasteiger partial charge in [-0.1, -0.05) is 6.07 Å². The Balaban J connectivity index is 1.58. The largest absolute Gasteiger partial charge is 0.332 e. The van der Waals surface area contributed by atoms with E-state index in [9.17, 15) is 9.00 Å². The number of urea groups is 1. The van der Waals surface area contributed by atoms with Crippen molar-refractivity contribution in [2.24, 2.45) is 7.05 Å². The number of aryl methyl sites for hydroxylation is 3. The first kappa shape index (κ1) is 19.3. The van der Waals surface area contributed by atoms with E-state index in [1.807, 2.05) is 0 Å². The van der Waals surface area contributed by atoms with Crippen LogP contribution in [0.5, 0.6) is 0 Å². The monoisotopic (exact) mass is 421 g/mol. The van der Waals surface area contributed by atoms with E-state index in [1.165, 1.54) is 33.0 Å². The maximum atomic E-state index is 12.8. The minimum absolute atomic E-state index is 0.00355. The van der Waals surface area contributed by atoms with Gasteiger partial charge in [-0.05, 0) is 67.7 Å². The number of aromatic nitrogens is 2. The van der Waals surface area contributed by atoms with Gasteiger partial charge in [-0.15, -0.1) is 11.6 Å². The molecule has 1 aromatic carbocycles. The van der Waals surface area contributed by atoms with Crippen molar-refractivity contribution < 1.29 is 9.00 Å². The molecule has 2 aromatic rings. The second-order valence-corrected chi connectivity index (χ2v) is 9.88. The summed E-state index contributed by atoms with van der Waals surface area (Å²) in [5.41, 5.74) is 6.46. The van der Waals surface area contributed by atoms with Crippen LogP contribution in [0.1, 0.15) is 53.1 Å². The maximum absolute atomic E-state index is 12.8. The molecule has 1 heterocycles. The van der Waals surface area contributed by atoms with Crippen molar-refractivity contribution in [3.8, 4) is 0 Å². The molecule has 4 rings (SSSR count). The van der Waals surface area contributed by atoms with Crippen molar-refractivity contribution in [2.45, 2.75) is 55.9 Å². The summed E-state index contributed by atoms with van der Waals surface area (Å²) in [6, 6.07) is 3.15. The molecule has 0 saturated heterocycles. The lowest BCUT2D eigenvalue weighted by molar-refractivity contribution is 0.256. The number of benzene rings is 1. The quantitative estimate of drug-likeness (QED) is 0.654. The molecule has 0 fully saturated rings. The van der Waals surface area contributed by atoms with Gasteiger partial charge in [0.25, 0.3) is 0 Å². The number of hydrogen-bond donors (Lipinski definition) is 3. The zero-order chi connectivity index (χ0) is 20.1. The fourth-order valence-corrected chi connectivity index (χ4v) is 5.40. The number of rotatable bonds is 4. The van der Waals surface area contributed by atoms with E-state index in [-0.39, 0.29) is 10.4 Å². The summed E-state index contributed by atoms with van der Waals surface area (Å²) in [6.07, 6.45) is 6.09. The summed E-state index contributed by atoms with van der Waals surface area (Å²) in [7, 11) is -1.93. The third-order valence-corrected chi connectivity index (χ3v) is 7.03. The molecule has 9 heteroatoms. The van der Waals surface area contributed by atoms with Gasteiger partial charge in [-0.25, -0.2) is 18.5 Å². The van der Waals surface area contributed by atoms with Gasteiger partial charge in [0.2, 0.25) is 0 Å². The number of carbonyl (C=O) groups is 1. The van der Waals surface area contributed by atoms with Crippen LogP contribution in [-0.2, 0) is 42.6 Å². The van der Waals surface area contributed by atoms with E-state index in [2.05, 4.69) is 21.2 Å². The van der Waals surface area contributed by atoms with Gasteiger partial charge in [0, 0.05) is 18.8 Å². The third-order valence-electron chi connectivity index (χ3n) is 5.54.